The number of nitrogens with one attached hydrogen (secondary N) is 2. The zero-order valence-electron chi connectivity index (χ0n) is 19.7. The topological polar surface area (TPSA) is 87.7 Å². The van der Waals surface area contributed by atoms with Crippen LogP contribution in [0.15, 0.2) is 48.5 Å². The first kappa shape index (κ1) is 22.4. The quantitative estimate of drug-likeness (QED) is 0.618. The third kappa shape index (κ3) is 3.63. The molecule has 1 saturated carbocycles. The molecule has 2 N–H and O–H groups in total. The Kier molecular flexibility index (Phi) is 5.80. The number of aryl methyl sites for hydroxylation is 1. The number of carbonyl (C=O) groups is 3. The number of hydrogen-bond acceptors (Lipinski definition) is 4. The minimum Gasteiger partial charge on any atom is -0.497 e. The second kappa shape index (κ2) is 8.78. The molecule has 34 heavy (non-hydrogen) atoms. The Balaban J connectivity index is 1.41. The molecule has 3 aliphatic rings. The average Bonchev–Trinajstić information content (AvgIpc) is 3.30. The standard InChI is InChI=1S/C27H31N3O4/c1-17(19-7-5-8-19)23(24(31)28-16-18-10-12-21(34-2)13-11-18)30-25(32)27(29-26(30)33)15-14-20-6-3-4-9-22(20)27/h3-4,6,9-13,17,19,23H,5,7-8,14-16H2,1-2H3,(H,28,31)(H,29,33)/t17-,23?,27-/m0/s1. The van der Waals surface area contributed by atoms with Gasteiger partial charge in [0.1, 0.15) is 17.3 Å². The lowest BCUT2D eigenvalue weighted by Gasteiger charge is -2.38. The van der Waals surface area contributed by atoms with Gasteiger partial charge in [-0.1, -0.05) is 62.6 Å². The van der Waals surface area contributed by atoms with Gasteiger partial charge in [0.15, 0.2) is 0 Å². The van der Waals surface area contributed by atoms with E-state index in [0.29, 0.717) is 18.9 Å². The second-order valence-electron chi connectivity index (χ2n) is 9.73. The molecule has 5 rings (SSSR count). The maximum atomic E-state index is 13.9. The molecule has 1 spiro atoms. The van der Waals surface area contributed by atoms with Gasteiger partial charge in [-0.25, -0.2) is 9.69 Å². The average molecular weight is 462 g/mol. The van der Waals surface area contributed by atoms with Crippen molar-refractivity contribution in [3.8, 4) is 5.75 Å². The summed E-state index contributed by atoms with van der Waals surface area (Å²) in [4.78, 5) is 41.9. The monoisotopic (exact) mass is 461 g/mol. The van der Waals surface area contributed by atoms with Crippen molar-refractivity contribution in [3.05, 3.63) is 65.2 Å². The summed E-state index contributed by atoms with van der Waals surface area (Å²) in [5, 5.41) is 5.96. The van der Waals surface area contributed by atoms with Crippen molar-refractivity contribution in [2.45, 2.75) is 57.2 Å². The predicted molar refractivity (Wildman–Crippen MR) is 127 cm³/mol. The van der Waals surface area contributed by atoms with Crippen LogP contribution < -0.4 is 15.4 Å². The fraction of sp³-hybridized carbons (Fsp3) is 0.444. The molecule has 2 fully saturated rings. The smallest absolute Gasteiger partial charge is 0.326 e. The number of urea groups is 1. The van der Waals surface area contributed by atoms with Gasteiger partial charge in [-0.2, -0.15) is 0 Å². The van der Waals surface area contributed by atoms with Gasteiger partial charge >= 0.3 is 6.03 Å². The number of benzene rings is 2. The van der Waals surface area contributed by atoms with E-state index in [1.807, 2.05) is 55.5 Å². The van der Waals surface area contributed by atoms with E-state index in [9.17, 15) is 14.4 Å². The summed E-state index contributed by atoms with van der Waals surface area (Å²) in [7, 11) is 1.61. The predicted octanol–water partition coefficient (Wildman–Crippen LogP) is 3.51. The van der Waals surface area contributed by atoms with Gasteiger partial charge in [-0.3, -0.25) is 9.59 Å². The van der Waals surface area contributed by atoms with Gasteiger partial charge in [0.2, 0.25) is 5.91 Å². The number of amides is 4. The Bertz CT molecular complexity index is 1110. The zero-order chi connectivity index (χ0) is 23.9. The number of ether oxygens (including phenoxy) is 1. The second-order valence-corrected chi connectivity index (χ2v) is 9.73. The van der Waals surface area contributed by atoms with E-state index in [1.54, 1.807) is 7.11 Å². The number of imide groups is 1. The Morgan fingerprint density at radius 2 is 1.91 bits per heavy atom. The van der Waals surface area contributed by atoms with E-state index in [1.165, 1.54) is 4.90 Å². The number of fused-ring (bicyclic) bond motifs is 2. The van der Waals surface area contributed by atoms with Gasteiger partial charge in [-0.15, -0.1) is 0 Å². The molecule has 0 bridgehead atoms. The van der Waals surface area contributed by atoms with Crippen molar-refractivity contribution >= 4 is 17.8 Å². The molecule has 178 valence electrons. The summed E-state index contributed by atoms with van der Waals surface area (Å²) in [6, 6.07) is 13.9. The summed E-state index contributed by atoms with van der Waals surface area (Å²) in [5.74, 6) is 0.351. The Hall–Kier alpha value is -3.35. The van der Waals surface area contributed by atoms with Crippen LogP contribution in [0.2, 0.25) is 0 Å². The largest absolute Gasteiger partial charge is 0.497 e. The highest BCUT2D eigenvalue weighted by Crippen LogP contribution is 2.44. The molecule has 1 heterocycles. The third-order valence-corrected chi connectivity index (χ3v) is 7.93. The van der Waals surface area contributed by atoms with E-state index >= 15 is 0 Å². The summed E-state index contributed by atoms with van der Waals surface area (Å²) >= 11 is 0. The molecule has 1 saturated heterocycles. The van der Waals surface area contributed by atoms with Crippen LogP contribution in [0, 0.1) is 11.8 Å². The molecule has 0 aromatic heterocycles. The van der Waals surface area contributed by atoms with Crippen LogP contribution >= 0.6 is 0 Å². The number of carbonyl (C=O) groups excluding carboxylic acids is 3. The van der Waals surface area contributed by atoms with E-state index < -0.39 is 17.6 Å². The van der Waals surface area contributed by atoms with Crippen molar-refractivity contribution < 1.29 is 19.1 Å². The van der Waals surface area contributed by atoms with Crippen LogP contribution in [0.5, 0.6) is 5.75 Å². The SMILES string of the molecule is COc1ccc(CNC(=O)C([C@@H](C)C2CCC2)N2C(=O)N[C@]3(CCc4ccccc43)C2=O)cc1. The fourth-order valence-electron chi connectivity index (χ4n) is 5.66. The summed E-state index contributed by atoms with van der Waals surface area (Å²) in [5.41, 5.74) is 1.78. The highest BCUT2D eigenvalue weighted by Gasteiger charge is 2.58. The van der Waals surface area contributed by atoms with Gasteiger partial charge in [0.25, 0.3) is 5.91 Å². The third-order valence-electron chi connectivity index (χ3n) is 7.93. The summed E-state index contributed by atoms with van der Waals surface area (Å²) in [6.45, 7) is 2.31. The Morgan fingerprint density at radius 1 is 1.18 bits per heavy atom. The van der Waals surface area contributed by atoms with Crippen LogP contribution in [0.25, 0.3) is 0 Å². The zero-order valence-corrected chi connectivity index (χ0v) is 19.7. The molecular weight excluding hydrogens is 430 g/mol. The van der Waals surface area contributed by atoms with Crippen LogP contribution in [-0.2, 0) is 28.1 Å². The van der Waals surface area contributed by atoms with Crippen LogP contribution in [0.1, 0.15) is 49.3 Å². The molecule has 3 atom stereocenters. The van der Waals surface area contributed by atoms with Crippen LogP contribution in [0.4, 0.5) is 4.79 Å². The fourth-order valence-corrected chi connectivity index (χ4v) is 5.66. The van der Waals surface area contributed by atoms with Crippen molar-refractivity contribution in [1.29, 1.82) is 0 Å². The molecule has 2 aromatic rings. The molecule has 4 amide bonds. The number of rotatable bonds is 7. The molecular formula is C27H31N3O4. The van der Waals surface area contributed by atoms with Crippen molar-refractivity contribution in [3.63, 3.8) is 0 Å². The number of methoxy groups -OCH3 is 1. The summed E-state index contributed by atoms with van der Waals surface area (Å²) in [6.07, 6.45) is 4.39. The van der Waals surface area contributed by atoms with Crippen LogP contribution in [-0.4, -0.2) is 35.9 Å². The minimum absolute atomic E-state index is 0.119. The van der Waals surface area contributed by atoms with Gasteiger partial charge < -0.3 is 15.4 Å². The minimum atomic E-state index is -1.07. The summed E-state index contributed by atoms with van der Waals surface area (Å²) < 4.78 is 5.20. The van der Waals surface area contributed by atoms with Gasteiger partial charge in [0.05, 0.1) is 7.11 Å². The van der Waals surface area contributed by atoms with E-state index in [2.05, 4.69) is 10.6 Å². The molecule has 2 aliphatic carbocycles. The van der Waals surface area contributed by atoms with E-state index in [-0.39, 0.29) is 17.7 Å². The molecule has 0 radical (unpaired) electrons. The maximum absolute atomic E-state index is 13.9. The van der Waals surface area contributed by atoms with E-state index in [0.717, 1.165) is 48.1 Å². The van der Waals surface area contributed by atoms with Gasteiger partial charge in [0, 0.05) is 6.54 Å². The molecule has 1 aliphatic heterocycles. The molecule has 7 nitrogen and oxygen atoms in total. The van der Waals surface area contributed by atoms with Crippen molar-refractivity contribution in [2.75, 3.05) is 7.11 Å². The lowest BCUT2D eigenvalue weighted by molar-refractivity contribution is -0.141. The Morgan fingerprint density at radius 3 is 2.59 bits per heavy atom. The van der Waals surface area contributed by atoms with Crippen molar-refractivity contribution in [2.24, 2.45) is 11.8 Å². The lowest BCUT2D eigenvalue weighted by atomic mass is 9.73. The Labute approximate surface area is 199 Å². The molecule has 7 heteroatoms. The highest BCUT2D eigenvalue weighted by atomic mass is 16.5. The molecule has 1 unspecified atom stereocenters. The molecule has 2 aromatic carbocycles. The van der Waals surface area contributed by atoms with Crippen molar-refractivity contribution in [1.82, 2.24) is 15.5 Å². The maximum Gasteiger partial charge on any atom is 0.326 e. The normalized spacial score (nSPS) is 23.3. The lowest BCUT2D eigenvalue weighted by Crippen LogP contribution is -2.55. The highest BCUT2D eigenvalue weighted by molar-refractivity contribution is 6.10. The van der Waals surface area contributed by atoms with Crippen LogP contribution in [0.3, 0.4) is 0 Å². The van der Waals surface area contributed by atoms with Gasteiger partial charge in [-0.05, 0) is 53.5 Å². The number of nitrogens with zero attached hydrogens (tertiary/aromatic N) is 1. The first-order valence-electron chi connectivity index (χ1n) is 12.1. The first-order chi connectivity index (χ1) is 16.4. The first-order valence-corrected chi connectivity index (χ1v) is 12.1. The van der Waals surface area contributed by atoms with E-state index in [4.69, 9.17) is 4.74 Å². The number of hydrogen-bond donors (Lipinski definition) is 2.